The molecule has 1 aromatic rings. The lowest BCUT2D eigenvalue weighted by molar-refractivity contribution is 0.0782. The number of hydrogen-bond donors (Lipinski definition) is 1. The van der Waals surface area contributed by atoms with E-state index in [1.165, 1.54) is 0 Å². The van der Waals surface area contributed by atoms with Crippen LogP contribution < -0.4 is 5.32 Å². The Morgan fingerprint density at radius 1 is 1.22 bits per heavy atom. The van der Waals surface area contributed by atoms with E-state index in [4.69, 9.17) is 23.2 Å². The summed E-state index contributed by atoms with van der Waals surface area (Å²) in [5.74, 6) is 1.18. The Bertz CT molecular complexity index is 480. The molecule has 2 aliphatic rings. The molecule has 96 valence electrons. The summed E-state index contributed by atoms with van der Waals surface area (Å²) >= 11 is 12.0. The molecule has 2 heterocycles. The predicted octanol–water partition coefficient (Wildman–Crippen LogP) is 2.28. The minimum Gasteiger partial charge on any atom is -0.338 e. The number of fused-ring (bicyclic) bond motifs is 1. The smallest absolute Gasteiger partial charge is 0.255 e. The van der Waals surface area contributed by atoms with Crippen molar-refractivity contribution < 1.29 is 4.79 Å². The summed E-state index contributed by atoms with van der Waals surface area (Å²) in [7, 11) is 0. The lowest BCUT2D eigenvalue weighted by Gasteiger charge is -2.18. The molecular formula is C13H14Cl2N2O. The van der Waals surface area contributed by atoms with Crippen LogP contribution in [0.5, 0.6) is 0 Å². The number of halogens is 2. The van der Waals surface area contributed by atoms with Gasteiger partial charge in [-0.05, 0) is 30.0 Å². The van der Waals surface area contributed by atoms with Gasteiger partial charge in [-0.2, -0.15) is 0 Å². The minimum atomic E-state index is -0.00287. The first kappa shape index (κ1) is 12.3. The zero-order valence-corrected chi connectivity index (χ0v) is 11.3. The molecule has 2 saturated heterocycles. The van der Waals surface area contributed by atoms with Crippen LogP contribution in [0, 0.1) is 11.8 Å². The quantitative estimate of drug-likeness (QED) is 0.858. The fourth-order valence-electron chi connectivity index (χ4n) is 2.85. The molecule has 0 aromatic heterocycles. The summed E-state index contributed by atoms with van der Waals surface area (Å²) in [6.07, 6.45) is 0. The zero-order valence-electron chi connectivity index (χ0n) is 9.83. The first-order valence-electron chi connectivity index (χ1n) is 6.10. The van der Waals surface area contributed by atoms with Gasteiger partial charge in [0.25, 0.3) is 5.91 Å². The Morgan fingerprint density at radius 3 is 2.56 bits per heavy atom. The van der Waals surface area contributed by atoms with E-state index >= 15 is 0 Å². The fourth-order valence-corrected chi connectivity index (χ4v) is 3.22. The topological polar surface area (TPSA) is 32.3 Å². The molecule has 5 heteroatoms. The SMILES string of the molecule is O=C(c1cc(Cl)ccc1Cl)N1CC2CNCC2C1. The summed E-state index contributed by atoms with van der Waals surface area (Å²) < 4.78 is 0. The average Bonchev–Trinajstić information content (AvgIpc) is 2.91. The highest BCUT2D eigenvalue weighted by Gasteiger charge is 2.38. The van der Waals surface area contributed by atoms with Crippen molar-refractivity contribution in [2.45, 2.75) is 0 Å². The molecule has 2 fully saturated rings. The van der Waals surface area contributed by atoms with Gasteiger partial charge in [-0.15, -0.1) is 0 Å². The van der Waals surface area contributed by atoms with Crippen LogP contribution >= 0.6 is 23.2 Å². The van der Waals surface area contributed by atoms with Gasteiger partial charge in [-0.25, -0.2) is 0 Å². The highest BCUT2D eigenvalue weighted by atomic mass is 35.5. The number of nitrogens with zero attached hydrogens (tertiary/aromatic N) is 1. The van der Waals surface area contributed by atoms with Crippen LogP contribution in [0.4, 0.5) is 0 Å². The third kappa shape index (κ3) is 2.11. The van der Waals surface area contributed by atoms with Gasteiger partial charge in [0.05, 0.1) is 10.6 Å². The zero-order chi connectivity index (χ0) is 12.7. The number of likely N-dealkylation sites (tertiary alicyclic amines) is 1. The maximum Gasteiger partial charge on any atom is 0.255 e. The third-order valence-electron chi connectivity index (χ3n) is 3.84. The fraction of sp³-hybridized carbons (Fsp3) is 0.462. The van der Waals surface area contributed by atoms with E-state index in [0.29, 0.717) is 27.4 Å². The van der Waals surface area contributed by atoms with Crippen molar-refractivity contribution in [1.82, 2.24) is 10.2 Å². The molecule has 2 atom stereocenters. The van der Waals surface area contributed by atoms with Gasteiger partial charge in [-0.3, -0.25) is 4.79 Å². The van der Waals surface area contributed by atoms with Gasteiger partial charge in [0, 0.05) is 31.2 Å². The highest BCUT2D eigenvalue weighted by molar-refractivity contribution is 6.35. The maximum absolute atomic E-state index is 12.4. The highest BCUT2D eigenvalue weighted by Crippen LogP contribution is 2.29. The third-order valence-corrected chi connectivity index (χ3v) is 4.40. The molecule has 18 heavy (non-hydrogen) atoms. The monoisotopic (exact) mass is 284 g/mol. The molecule has 1 amide bonds. The van der Waals surface area contributed by atoms with E-state index in [-0.39, 0.29) is 5.91 Å². The van der Waals surface area contributed by atoms with E-state index in [9.17, 15) is 4.79 Å². The van der Waals surface area contributed by atoms with Crippen molar-refractivity contribution >= 4 is 29.1 Å². The van der Waals surface area contributed by atoms with E-state index < -0.39 is 0 Å². The molecule has 2 unspecified atom stereocenters. The number of rotatable bonds is 1. The first-order chi connectivity index (χ1) is 8.65. The molecule has 3 nitrogen and oxygen atoms in total. The molecule has 0 aliphatic carbocycles. The number of amides is 1. The Labute approximate surface area is 116 Å². The summed E-state index contributed by atoms with van der Waals surface area (Å²) in [5, 5.41) is 4.38. The van der Waals surface area contributed by atoms with Crippen LogP contribution in [0.25, 0.3) is 0 Å². The molecule has 0 bridgehead atoms. The van der Waals surface area contributed by atoms with Gasteiger partial charge in [0.2, 0.25) is 0 Å². The molecule has 0 spiro atoms. The van der Waals surface area contributed by atoms with Crippen molar-refractivity contribution in [3.05, 3.63) is 33.8 Å². The van der Waals surface area contributed by atoms with Crippen LogP contribution in [-0.2, 0) is 0 Å². The standard InChI is InChI=1S/C13H14Cl2N2O/c14-10-1-2-12(15)11(3-10)13(18)17-6-8-4-16-5-9(8)7-17/h1-3,8-9,16H,4-7H2. The second kappa shape index (κ2) is 4.72. The van der Waals surface area contributed by atoms with Gasteiger partial charge in [0.1, 0.15) is 0 Å². The second-order valence-corrected chi connectivity index (χ2v) is 5.86. The molecule has 1 N–H and O–H groups in total. The van der Waals surface area contributed by atoms with Crippen LogP contribution in [0.2, 0.25) is 10.0 Å². The van der Waals surface area contributed by atoms with E-state index in [1.54, 1.807) is 18.2 Å². The second-order valence-electron chi connectivity index (χ2n) is 5.01. The maximum atomic E-state index is 12.4. The average molecular weight is 285 g/mol. The van der Waals surface area contributed by atoms with Crippen molar-refractivity contribution in [2.75, 3.05) is 26.2 Å². The van der Waals surface area contributed by atoms with Crippen LogP contribution in [0.15, 0.2) is 18.2 Å². The van der Waals surface area contributed by atoms with E-state index in [0.717, 1.165) is 26.2 Å². The first-order valence-corrected chi connectivity index (χ1v) is 6.86. The Morgan fingerprint density at radius 2 is 1.89 bits per heavy atom. The summed E-state index contributed by atoms with van der Waals surface area (Å²) in [6, 6.07) is 5.03. The Balaban J connectivity index is 1.81. The molecular weight excluding hydrogens is 271 g/mol. The van der Waals surface area contributed by atoms with Crippen molar-refractivity contribution in [2.24, 2.45) is 11.8 Å². The van der Waals surface area contributed by atoms with Crippen LogP contribution in [0.1, 0.15) is 10.4 Å². The van der Waals surface area contributed by atoms with Crippen molar-refractivity contribution in [1.29, 1.82) is 0 Å². The van der Waals surface area contributed by atoms with Crippen LogP contribution in [-0.4, -0.2) is 37.0 Å². The normalized spacial score (nSPS) is 26.4. The largest absolute Gasteiger partial charge is 0.338 e. The van der Waals surface area contributed by atoms with Crippen molar-refractivity contribution in [3.63, 3.8) is 0 Å². The minimum absolute atomic E-state index is 0.00287. The lowest BCUT2D eigenvalue weighted by atomic mass is 10.0. The molecule has 1 aromatic carbocycles. The number of nitrogens with one attached hydrogen (secondary N) is 1. The van der Waals surface area contributed by atoms with E-state index in [1.807, 2.05) is 4.90 Å². The van der Waals surface area contributed by atoms with Gasteiger partial charge >= 0.3 is 0 Å². The number of benzene rings is 1. The van der Waals surface area contributed by atoms with E-state index in [2.05, 4.69) is 5.32 Å². The predicted molar refractivity (Wildman–Crippen MR) is 72.2 cm³/mol. The lowest BCUT2D eigenvalue weighted by Crippen LogP contribution is -2.32. The Hall–Kier alpha value is -0.770. The summed E-state index contributed by atoms with van der Waals surface area (Å²) in [6.45, 7) is 3.66. The van der Waals surface area contributed by atoms with Gasteiger partial charge < -0.3 is 10.2 Å². The Kier molecular flexibility index (Phi) is 3.22. The van der Waals surface area contributed by atoms with Crippen LogP contribution in [0.3, 0.4) is 0 Å². The molecule has 3 rings (SSSR count). The van der Waals surface area contributed by atoms with Crippen molar-refractivity contribution in [3.8, 4) is 0 Å². The molecule has 0 saturated carbocycles. The summed E-state index contributed by atoms with van der Waals surface area (Å²) in [4.78, 5) is 14.3. The molecule has 0 radical (unpaired) electrons. The van der Waals surface area contributed by atoms with Gasteiger partial charge in [0.15, 0.2) is 0 Å². The summed E-state index contributed by atoms with van der Waals surface area (Å²) in [5.41, 5.74) is 0.511. The number of hydrogen-bond acceptors (Lipinski definition) is 2. The number of carbonyl (C=O) groups excluding carboxylic acids is 1. The molecule has 2 aliphatic heterocycles. The van der Waals surface area contributed by atoms with Gasteiger partial charge in [-0.1, -0.05) is 23.2 Å². The number of carbonyl (C=O) groups is 1.